The Bertz CT molecular complexity index is 487. The molecule has 0 bridgehead atoms. The molecule has 3 heteroatoms. The van der Waals surface area contributed by atoms with Gasteiger partial charge in [-0.2, -0.15) is 0 Å². The molecular weight excluding hydrogens is 325 g/mol. The molecule has 88 valence electrons. The molecular formula is C14H14INO. The number of benzene rings is 1. The fraction of sp³-hybridized carbons (Fsp3) is 0.143. The van der Waals surface area contributed by atoms with Crippen LogP contribution in [0, 0.1) is 3.57 Å². The summed E-state index contributed by atoms with van der Waals surface area (Å²) < 4.78 is 1.13. The maximum Gasteiger partial charge on any atom is 0.253 e. The van der Waals surface area contributed by atoms with Gasteiger partial charge in [0, 0.05) is 15.3 Å². The first-order chi connectivity index (χ1) is 8.06. The van der Waals surface area contributed by atoms with Gasteiger partial charge in [-0.05, 0) is 41.1 Å². The number of halogens is 1. The summed E-state index contributed by atoms with van der Waals surface area (Å²) in [4.78, 5) is 13.4. The maximum absolute atomic E-state index is 11.9. The third-order valence-corrected chi connectivity index (χ3v) is 3.22. The highest BCUT2D eigenvalue weighted by atomic mass is 127. The van der Waals surface area contributed by atoms with Crippen molar-refractivity contribution in [3.8, 4) is 0 Å². The van der Waals surface area contributed by atoms with Gasteiger partial charge < -0.3 is 4.90 Å². The normalized spacial score (nSPS) is 9.29. The van der Waals surface area contributed by atoms with E-state index in [0.717, 1.165) is 9.13 Å². The molecule has 0 aliphatic rings. The fourth-order valence-corrected chi connectivity index (χ4v) is 1.90. The summed E-state index contributed by atoms with van der Waals surface area (Å²) in [6.07, 6.45) is 1.56. The van der Waals surface area contributed by atoms with Crippen LogP contribution in [0.2, 0.25) is 0 Å². The van der Waals surface area contributed by atoms with Crippen LogP contribution < -0.4 is 0 Å². The lowest BCUT2D eigenvalue weighted by molar-refractivity contribution is -0.125. The standard InChI is InChI=1S/C14H14INO/c1-4-9-16(14(17)11(2)3)10-12-7-5-6-8-13(12)15/h5-9H,1-2,10H2,3H3. The van der Waals surface area contributed by atoms with E-state index < -0.39 is 0 Å². The van der Waals surface area contributed by atoms with E-state index in [1.54, 1.807) is 18.0 Å². The first kappa shape index (κ1) is 13.7. The Morgan fingerprint density at radius 1 is 1.53 bits per heavy atom. The molecule has 0 N–H and O–H groups in total. The average molecular weight is 339 g/mol. The molecule has 0 aromatic heterocycles. The lowest BCUT2D eigenvalue weighted by Gasteiger charge is -2.18. The van der Waals surface area contributed by atoms with Crippen LogP contribution in [-0.4, -0.2) is 10.8 Å². The van der Waals surface area contributed by atoms with Gasteiger partial charge in [0.15, 0.2) is 0 Å². The van der Waals surface area contributed by atoms with Crippen molar-refractivity contribution < 1.29 is 4.79 Å². The SMILES string of the molecule is C=C=CN(Cc1ccccc1I)C(=O)C(=C)C. The first-order valence-corrected chi connectivity index (χ1v) is 6.20. The van der Waals surface area contributed by atoms with Crippen LogP contribution in [0.25, 0.3) is 0 Å². The van der Waals surface area contributed by atoms with E-state index in [1.165, 1.54) is 0 Å². The fourth-order valence-electron chi connectivity index (χ4n) is 1.34. The quantitative estimate of drug-likeness (QED) is 0.467. The van der Waals surface area contributed by atoms with Crippen molar-refractivity contribution in [2.45, 2.75) is 13.5 Å². The van der Waals surface area contributed by atoms with Crippen LogP contribution in [0.5, 0.6) is 0 Å². The molecule has 1 amide bonds. The topological polar surface area (TPSA) is 20.3 Å². The van der Waals surface area contributed by atoms with E-state index in [4.69, 9.17) is 0 Å². The van der Waals surface area contributed by atoms with E-state index in [2.05, 4.69) is 41.5 Å². The Labute approximate surface area is 115 Å². The van der Waals surface area contributed by atoms with Crippen LogP contribution in [0.1, 0.15) is 12.5 Å². The Morgan fingerprint density at radius 2 is 2.18 bits per heavy atom. The molecule has 0 atom stereocenters. The summed E-state index contributed by atoms with van der Waals surface area (Å²) in [6, 6.07) is 7.94. The van der Waals surface area contributed by atoms with Gasteiger partial charge in [-0.15, -0.1) is 5.73 Å². The van der Waals surface area contributed by atoms with E-state index in [0.29, 0.717) is 12.1 Å². The zero-order valence-corrected chi connectivity index (χ0v) is 11.9. The number of amides is 1. The highest BCUT2D eigenvalue weighted by molar-refractivity contribution is 14.1. The molecule has 1 aromatic carbocycles. The van der Waals surface area contributed by atoms with E-state index >= 15 is 0 Å². The zero-order chi connectivity index (χ0) is 12.8. The summed E-state index contributed by atoms with van der Waals surface area (Å²) in [6.45, 7) is 9.37. The van der Waals surface area contributed by atoms with E-state index in [1.807, 2.05) is 24.3 Å². The van der Waals surface area contributed by atoms with Crippen molar-refractivity contribution in [2.75, 3.05) is 0 Å². The second-order valence-electron chi connectivity index (χ2n) is 3.64. The van der Waals surface area contributed by atoms with Crippen LogP contribution in [-0.2, 0) is 11.3 Å². The summed E-state index contributed by atoms with van der Waals surface area (Å²) in [5.74, 6) is -0.110. The molecule has 2 nitrogen and oxygen atoms in total. The Morgan fingerprint density at radius 3 is 2.71 bits per heavy atom. The largest absolute Gasteiger partial charge is 0.304 e. The minimum Gasteiger partial charge on any atom is -0.304 e. The Hall–Kier alpha value is -1.32. The molecule has 0 spiro atoms. The van der Waals surface area contributed by atoms with E-state index in [9.17, 15) is 4.79 Å². The van der Waals surface area contributed by atoms with Crippen LogP contribution >= 0.6 is 22.6 Å². The van der Waals surface area contributed by atoms with Crippen molar-refractivity contribution >= 4 is 28.5 Å². The minimum absolute atomic E-state index is 0.110. The lowest BCUT2D eigenvalue weighted by atomic mass is 10.2. The molecule has 1 rings (SSSR count). The molecule has 0 fully saturated rings. The summed E-state index contributed by atoms with van der Waals surface area (Å²) in [7, 11) is 0. The molecule has 0 saturated carbocycles. The van der Waals surface area contributed by atoms with Gasteiger partial charge in [-0.25, -0.2) is 0 Å². The number of carbonyl (C=O) groups excluding carboxylic acids is 1. The molecule has 0 saturated heterocycles. The van der Waals surface area contributed by atoms with Crippen molar-refractivity contribution in [3.05, 3.63) is 64.1 Å². The number of hydrogen-bond donors (Lipinski definition) is 0. The monoisotopic (exact) mass is 339 g/mol. The van der Waals surface area contributed by atoms with Crippen molar-refractivity contribution in [1.29, 1.82) is 0 Å². The number of rotatable bonds is 4. The molecule has 1 aromatic rings. The van der Waals surface area contributed by atoms with Crippen LogP contribution in [0.15, 0.2) is 54.9 Å². The predicted molar refractivity (Wildman–Crippen MR) is 78.2 cm³/mol. The predicted octanol–water partition coefficient (Wildman–Crippen LogP) is 3.49. The van der Waals surface area contributed by atoms with Gasteiger partial charge in [0.2, 0.25) is 0 Å². The molecule has 0 radical (unpaired) electrons. The third kappa shape index (κ3) is 3.88. The van der Waals surface area contributed by atoms with Gasteiger partial charge in [-0.1, -0.05) is 31.4 Å². The first-order valence-electron chi connectivity index (χ1n) is 5.12. The molecule has 17 heavy (non-hydrogen) atoms. The minimum atomic E-state index is -0.110. The second kappa shape index (κ2) is 6.42. The smallest absolute Gasteiger partial charge is 0.253 e. The van der Waals surface area contributed by atoms with Crippen LogP contribution in [0.4, 0.5) is 0 Å². The van der Waals surface area contributed by atoms with Crippen molar-refractivity contribution in [1.82, 2.24) is 4.90 Å². The number of nitrogens with zero attached hydrogens (tertiary/aromatic N) is 1. The zero-order valence-electron chi connectivity index (χ0n) is 9.74. The van der Waals surface area contributed by atoms with Crippen molar-refractivity contribution in [2.24, 2.45) is 0 Å². The summed E-state index contributed by atoms with van der Waals surface area (Å²) in [5, 5.41) is 0. The van der Waals surface area contributed by atoms with Gasteiger partial charge >= 0.3 is 0 Å². The van der Waals surface area contributed by atoms with Crippen LogP contribution in [0.3, 0.4) is 0 Å². The molecule has 0 aliphatic carbocycles. The third-order valence-electron chi connectivity index (χ3n) is 2.17. The maximum atomic E-state index is 11.9. The summed E-state index contributed by atoms with van der Waals surface area (Å²) in [5.41, 5.74) is 4.22. The molecule has 0 heterocycles. The number of hydrogen-bond acceptors (Lipinski definition) is 1. The highest BCUT2D eigenvalue weighted by Gasteiger charge is 2.12. The van der Waals surface area contributed by atoms with Gasteiger partial charge in [0.1, 0.15) is 0 Å². The summed E-state index contributed by atoms with van der Waals surface area (Å²) >= 11 is 2.25. The Kier molecular flexibility index (Phi) is 5.19. The lowest BCUT2D eigenvalue weighted by Crippen LogP contribution is -2.25. The highest BCUT2D eigenvalue weighted by Crippen LogP contribution is 2.15. The van der Waals surface area contributed by atoms with Gasteiger partial charge in [-0.3, -0.25) is 4.79 Å². The molecule has 0 unspecified atom stereocenters. The van der Waals surface area contributed by atoms with Gasteiger partial charge in [0.25, 0.3) is 5.91 Å². The number of carbonyl (C=O) groups is 1. The molecule has 0 aliphatic heterocycles. The Balaban J connectivity index is 2.96. The second-order valence-corrected chi connectivity index (χ2v) is 4.80. The average Bonchev–Trinajstić information content (AvgIpc) is 2.30. The van der Waals surface area contributed by atoms with E-state index in [-0.39, 0.29) is 5.91 Å². The van der Waals surface area contributed by atoms with Gasteiger partial charge in [0.05, 0.1) is 6.54 Å². The van der Waals surface area contributed by atoms with Crippen molar-refractivity contribution in [3.63, 3.8) is 0 Å².